The number of carbonyl (C=O) groups excluding carboxylic acids is 1. The van der Waals surface area contributed by atoms with Crippen LogP contribution in [0.15, 0.2) is 61.2 Å². The van der Waals surface area contributed by atoms with Crippen molar-refractivity contribution >= 4 is 5.91 Å². The van der Waals surface area contributed by atoms with Crippen molar-refractivity contribution in [1.82, 2.24) is 19.9 Å². The molecule has 3 aromatic rings. The first kappa shape index (κ1) is 14.8. The number of hydrogen-bond acceptors (Lipinski definition) is 4. The van der Waals surface area contributed by atoms with Gasteiger partial charge >= 0.3 is 0 Å². The first-order chi connectivity index (χ1) is 11.2. The van der Waals surface area contributed by atoms with Crippen molar-refractivity contribution < 1.29 is 9.53 Å². The van der Waals surface area contributed by atoms with E-state index in [4.69, 9.17) is 4.74 Å². The zero-order chi connectivity index (χ0) is 16.1. The molecule has 0 saturated carbocycles. The SMILES string of the molecule is Cn1ccnc1CNC(=O)c1ccc(Oc2cccnc2)cc1. The average Bonchev–Trinajstić information content (AvgIpc) is 2.99. The van der Waals surface area contributed by atoms with Crippen LogP contribution in [-0.4, -0.2) is 20.4 Å². The summed E-state index contributed by atoms with van der Waals surface area (Å²) in [7, 11) is 1.89. The summed E-state index contributed by atoms with van der Waals surface area (Å²) in [5.74, 6) is 1.95. The van der Waals surface area contributed by atoms with Gasteiger partial charge in [-0.3, -0.25) is 9.78 Å². The van der Waals surface area contributed by atoms with Gasteiger partial charge in [-0.15, -0.1) is 0 Å². The molecule has 6 nitrogen and oxygen atoms in total. The van der Waals surface area contributed by atoms with Crippen molar-refractivity contribution in [2.75, 3.05) is 0 Å². The lowest BCUT2D eigenvalue weighted by atomic mass is 10.2. The maximum Gasteiger partial charge on any atom is 0.251 e. The van der Waals surface area contributed by atoms with Crippen LogP contribution in [0.2, 0.25) is 0 Å². The van der Waals surface area contributed by atoms with Gasteiger partial charge in [0.25, 0.3) is 5.91 Å². The highest BCUT2D eigenvalue weighted by molar-refractivity contribution is 5.94. The van der Waals surface area contributed by atoms with Crippen LogP contribution in [0.25, 0.3) is 0 Å². The number of nitrogens with zero attached hydrogens (tertiary/aromatic N) is 3. The number of benzene rings is 1. The van der Waals surface area contributed by atoms with Crippen molar-refractivity contribution in [3.8, 4) is 11.5 Å². The highest BCUT2D eigenvalue weighted by atomic mass is 16.5. The molecule has 0 aliphatic rings. The third-order valence-electron chi connectivity index (χ3n) is 3.31. The normalized spacial score (nSPS) is 10.3. The van der Waals surface area contributed by atoms with Gasteiger partial charge in [0.05, 0.1) is 12.7 Å². The summed E-state index contributed by atoms with van der Waals surface area (Å²) < 4.78 is 7.51. The zero-order valence-corrected chi connectivity index (χ0v) is 12.6. The number of aryl methyl sites for hydroxylation is 1. The molecule has 23 heavy (non-hydrogen) atoms. The van der Waals surface area contributed by atoms with Crippen LogP contribution < -0.4 is 10.1 Å². The van der Waals surface area contributed by atoms with E-state index in [1.807, 2.05) is 23.9 Å². The molecule has 0 bridgehead atoms. The molecule has 116 valence electrons. The average molecular weight is 308 g/mol. The molecule has 6 heteroatoms. The molecule has 0 aliphatic carbocycles. The molecule has 0 aliphatic heterocycles. The predicted octanol–water partition coefficient (Wildman–Crippen LogP) is 2.54. The third kappa shape index (κ3) is 3.74. The summed E-state index contributed by atoms with van der Waals surface area (Å²) >= 11 is 0. The van der Waals surface area contributed by atoms with Gasteiger partial charge in [0, 0.05) is 31.2 Å². The van der Waals surface area contributed by atoms with Crippen LogP contribution in [0.1, 0.15) is 16.2 Å². The lowest BCUT2D eigenvalue weighted by Crippen LogP contribution is -2.24. The quantitative estimate of drug-likeness (QED) is 0.786. The second-order valence-electron chi connectivity index (χ2n) is 4.95. The first-order valence-corrected chi connectivity index (χ1v) is 7.15. The zero-order valence-electron chi connectivity index (χ0n) is 12.6. The van der Waals surface area contributed by atoms with Gasteiger partial charge < -0.3 is 14.6 Å². The summed E-state index contributed by atoms with van der Waals surface area (Å²) in [4.78, 5) is 20.3. The highest BCUT2D eigenvalue weighted by Gasteiger charge is 2.07. The largest absolute Gasteiger partial charge is 0.456 e. The summed E-state index contributed by atoms with van der Waals surface area (Å²) in [6.45, 7) is 0.385. The van der Waals surface area contributed by atoms with Gasteiger partial charge in [-0.05, 0) is 36.4 Å². The monoisotopic (exact) mass is 308 g/mol. The van der Waals surface area contributed by atoms with Gasteiger partial charge in [0.15, 0.2) is 0 Å². The molecule has 0 spiro atoms. The Balaban J connectivity index is 1.60. The molecule has 0 unspecified atom stereocenters. The fourth-order valence-corrected chi connectivity index (χ4v) is 2.05. The van der Waals surface area contributed by atoms with E-state index < -0.39 is 0 Å². The summed E-state index contributed by atoms with van der Waals surface area (Å²) in [6, 6.07) is 10.6. The smallest absolute Gasteiger partial charge is 0.251 e. The molecular weight excluding hydrogens is 292 g/mol. The molecule has 0 saturated heterocycles. The van der Waals surface area contributed by atoms with Crippen molar-refractivity contribution in [3.05, 3.63) is 72.6 Å². The summed E-state index contributed by atoms with van der Waals surface area (Å²) in [5, 5.41) is 2.84. The molecule has 1 N–H and O–H groups in total. The highest BCUT2D eigenvalue weighted by Crippen LogP contribution is 2.20. The van der Waals surface area contributed by atoms with Gasteiger partial charge in [-0.25, -0.2) is 4.98 Å². The molecule has 0 fully saturated rings. The van der Waals surface area contributed by atoms with Gasteiger partial charge in [-0.1, -0.05) is 0 Å². The molecule has 2 heterocycles. The van der Waals surface area contributed by atoms with Crippen molar-refractivity contribution in [2.45, 2.75) is 6.54 Å². The Hall–Kier alpha value is -3.15. The summed E-state index contributed by atoms with van der Waals surface area (Å²) in [6.07, 6.45) is 6.85. The second-order valence-corrected chi connectivity index (χ2v) is 4.95. The van der Waals surface area contributed by atoms with Crippen molar-refractivity contribution in [2.24, 2.45) is 7.05 Å². The number of imidazole rings is 1. The topological polar surface area (TPSA) is 69.0 Å². The standard InChI is InChI=1S/C17H16N4O2/c1-21-10-9-19-16(21)12-20-17(22)13-4-6-14(7-5-13)23-15-3-2-8-18-11-15/h2-11H,12H2,1H3,(H,20,22). The van der Waals surface area contributed by atoms with E-state index in [0.29, 0.717) is 23.6 Å². The number of rotatable bonds is 5. The van der Waals surface area contributed by atoms with E-state index in [9.17, 15) is 4.79 Å². The molecule has 2 aromatic heterocycles. The lowest BCUT2D eigenvalue weighted by Gasteiger charge is -2.07. The summed E-state index contributed by atoms with van der Waals surface area (Å²) in [5.41, 5.74) is 0.567. The molecule has 0 radical (unpaired) electrons. The van der Waals surface area contributed by atoms with Crippen LogP contribution in [0.4, 0.5) is 0 Å². The van der Waals surface area contributed by atoms with Crippen molar-refractivity contribution in [1.29, 1.82) is 0 Å². The molecule has 1 amide bonds. The molecule has 1 aromatic carbocycles. The van der Waals surface area contributed by atoms with E-state index in [-0.39, 0.29) is 5.91 Å². The number of nitrogens with one attached hydrogen (secondary N) is 1. The third-order valence-corrected chi connectivity index (χ3v) is 3.31. The predicted molar refractivity (Wildman–Crippen MR) is 85.1 cm³/mol. The van der Waals surface area contributed by atoms with Crippen LogP contribution in [0.5, 0.6) is 11.5 Å². The molecule has 0 atom stereocenters. The van der Waals surface area contributed by atoms with Crippen molar-refractivity contribution in [3.63, 3.8) is 0 Å². The molecular formula is C17H16N4O2. The van der Waals surface area contributed by atoms with Crippen LogP contribution in [0, 0.1) is 0 Å². The van der Waals surface area contributed by atoms with Crippen LogP contribution in [-0.2, 0) is 13.6 Å². The number of carbonyl (C=O) groups is 1. The van der Waals surface area contributed by atoms with Gasteiger partial charge in [0.2, 0.25) is 0 Å². The Bertz CT molecular complexity index is 782. The van der Waals surface area contributed by atoms with E-state index >= 15 is 0 Å². The number of hydrogen-bond donors (Lipinski definition) is 1. The molecule has 3 rings (SSSR count). The Morgan fingerprint density at radius 3 is 2.65 bits per heavy atom. The minimum atomic E-state index is -0.152. The van der Waals surface area contributed by atoms with E-state index in [0.717, 1.165) is 5.82 Å². The maximum absolute atomic E-state index is 12.1. The van der Waals surface area contributed by atoms with Gasteiger partial charge in [-0.2, -0.15) is 0 Å². The fraction of sp³-hybridized carbons (Fsp3) is 0.118. The van der Waals surface area contributed by atoms with Crippen LogP contribution in [0.3, 0.4) is 0 Å². The second kappa shape index (κ2) is 6.74. The minimum Gasteiger partial charge on any atom is -0.456 e. The first-order valence-electron chi connectivity index (χ1n) is 7.15. The number of aromatic nitrogens is 3. The Kier molecular flexibility index (Phi) is 4.33. The van der Waals surface area contributed by atoms with E-state index in [1.165, 1.54) is 0 Å². The Labute approximate surface area is 133 Å². The number of amides is 1. The van der Waals surface area contributed by atoms with E-state index in [2.05, 4.69) is 15.3 Å². The fourth-order valence-electron chi connectivity index (χ4n) is 2.05. The number of ether oxygens (including phenoxy) is 1. The minimum absolute atomic E-state index is 0.152. The lowest BCUT2D eigenvalue weighted by molar-refractivity contribution is 0.0949. The Morgan fingerprint density at radius 1 is 1.17 bits per heavy atom. The van der Waals surface area contributed by atoms with Crippen LogP contribution >= 0.6 is 0 Å². The van der Waals surface area contributed by atoms with E-state index in [1.54, 1.807) is 48.9 Å². The Morgan fingerprint density at radius 2 is 2.00 bits per heavy atom. The van der Waals surface area contributed by atoms with Gasteiger partial charge in [0.1, 0.15) is 17.3 Å². The number of pyridine rings is 1. The maximum atomic E-state index is 12.1.